The quantitative estimate of drug-likeness (QED) is 0.0113. The zero-order valence-electron chi connectivity index (χ0n) is 73.9. The van der Waals surface area contributed by atoms with Gasteiger partial charge in [0.25, 0.3) is 11.7 Å². The number of ether oxygens (including phenoxy) is 11. The number of carbonyl (C=O) groups is 6. The van der Waals surface area contributed by atoms with Gasteiger partial charge in [-0.25, -0.2) is 24.2 Å². The number of fused-ring (bicyclic) bond motifs is 6. The third-order valence-electron chi connectivity index (χ3n) is 24.9. The minimum absolute atomic E-state index is 0.0450. The highest BCUT2D eigenvalue weighted by molar-refractivity contribution is 6.39. The number of aliphatic hydroxyl groups is 2. The lowest BCUT2D eigenvalue weighted by Gasteiger charge is -2.39. The molecule has 1 saturated carbocycles. The standard InChI is InChI=1S/C93H135N11O20/c1-63-14-9-8-10-15-65(3)79(113-6)59-76-16-13-32-93(112,124-76)87(108)90(109)103-34-12-11-17-77(103)91(110)121-74(25-18-64(2)55-67(5)85(107)86(114-7)84(106)66(4)54-63)26-20-68-21-27-75(28-22-68)122-92(111)96-33-43-116-47-48-117-44-40-100-36-38-101(39-37-100)41-45-118-49-51-120-53-52-119-50-46-115-42-31-81(105)102-35-30-70-56-69(19-23-72(70)61-102)60-104-89-82(88(95)97-62-98-89)83(99-104)71-24-29-78-73(57-71)58-80(94)123-78/h8-10,14-15,19,23-24,29,55-58,62-64,66,68,74-77,79,85-86,107,112H,11-13,16-18,20-22,25-28,30-54,59-61,94H2,1-7H3,(H,96,111)(H2,95,97,98)/b10-8?,14-9+,65-15?,67-55+/t63-,64+,66-,68?,74+,75?,76+,77+,79+,85-,86+,93-/m1/s1. The number of allylic oxidation sites excluding steroid dienone is 6. The van der Waals surface area contributed by atoms with Crippen molar-refractivity contribution in [3.63, 3.8) is 0 Å². The zero-order chi connectivity index (χ0) is 87.9. The summed E-state index contributed by atoms with van der Waals surface area (Å²) >= 11 is 0. The van der Waals surface area contributed by atoms with E-state index < -0.39 is 72.0 Å². The minimum Gasteiger partial charge on any atom is -0.461 e. The average molecular weight is 1730 g/mol. The van der Waals surface area contributed by atoms with Gasteiger partial charge in [0.05, 0.1) is 110 Å². The Morgan fingerprint density at radius 1 is 0.685 bits per heavy atom. The van der Waals surface area contributed by atoms with Gasteiger partial charge in [-0.15, -0.1) is 0 Å². The van der Waals surface area contributed by atoms with Crippen molar-refractivity contribution in [1.29, 1.82) is 0 Å². The van der Waals surface area contributed by atoms with Gasteiger partial charge in [0.15, 0.2) is 17.3 Å². The van der Waals surface area contributed by atoms with E-state index in [0.717, 1.165) is 92.6 Å². The Morgan fingerprint density at radius 2 is 1.39 bits per heavy atom. The second-order valence-corrected chi connectivity index (χ2v) is 34.2. The Morgan fingerprint density at radius 3 is 2.10 bits per heavy atom. The summed E-state index contributed by atoms with van der Waals surface area (Å²) in [5, 5.41) is 32.8. The van der Waals surface area contributed by atoms with Crippen LogP contribution in [0.4, 0.5) is 16.5 Å². The van der Waals surface area contributed by atoms with Crippen LogP contribution < -0.4 is 16.8 Å². The number of nitrogens with zero attached hydrogens (tertiary/aromatic N) is 8. The lowest BCUT2D eigenvalue weighted by Crippen LogP contribution is -2.58. The maximum absolute atomic E-state index is 14.5. The van der Waals surface area contributed by atoms with Crippen molar-refractivity contribution in [3.8, 4) is 11.3 Å². The summed E-state index contributed by atoms with van der Waals surface area (Å²) < 4.78 is 72.0. The lowest BCUT2D eigenvalue weighted by atomic mass is 9.83. The Labute approximate surface area is 729 Å². The van der Waals surface area contributed by atoms with Crippen LogP contribution in [-0.4, -0.2) is 286 Å². The molecule has 124 heavy (non-hydrogen) atoms. The smallest absolute Gasteiger partial charge is 0.407 e. The van der Waals surface area contributed by atoms with Crippen LogP contribution in [0.15, 0.2) is 101 Å². The van der Waals surface area contributed by atoms with E-state index in [0.29, 0.717) is 229 Å². The number of piperazine rings is 1. The van der Waals surface area contributed by atoms with Crippen LogP contribution in [-0.2, 0) is 95.6 Å². The van der Waals surface area contributed by atoms with E-state index in [4.69, 9.17) is 73.1 Å². The highest BCUT2D eigenvalue weighted by Crippen LogP contribution is 2.38. The fraction of sp³-hybridized carbons (Fsp3) is 0.645. The number of carbonyl (C=O) groups excluding carboxylic acids is 6. The molecule has 31 heteroatoms. The first kappa shape index (κ1) is 96.2. The number of esters is 1. The summed E-state index contributed by atoms with van der Waals surface area (Å²) in [5.74, 6) is -4.66. The molecule has 0 unspecified atom stereocenters. The van der Waals surface area contributed by atoms with Crippen molar-refractivity contribution in [2.24, 2.45) is 23.7 Å². The molecule has 10 atom stereocenters. The maximum Gasteiger partial charge on any atom is 0.407 e. The number of rotatable bonds is 33. The molecule has 3 aromatic heterocycles. The minimum atomic E-state index is -2.37. The van der Waals surface area contributed by atoms with Crippen molar-refractivity contribution in [2.75, 3.05) is 164 Å². The normalized spacial score (nSPS) is 26.2. The molecule has 7 N–H and O–H groups in total. The Hall–Kier alpha value is -8.41. The third-order valence-corrected chi connectivity index (χ3v) is 24.9. The molecular weight excluding hydrogens is 1590 g/mol. The van der Waals surface area contributed by atoms with E-state index in [1.165, 1.54) is 23.9 Å². The van der Waals surface area contributed by atoms with E-state index in [1.54, 1.807) is 20.1 Å². The van der Waals surface area contributed by atoms with Gasteiger partial charge >= 0.3 is 12.1 Å². The number of aliphatic hydroxyl groups excluding tert-OH is 1. The zero-order valence-corrected chi connectivity index (χ0v) is 73.9. The van der Waals surface area contributed by atoms with E-state index in [1.807, 2.05) is 91.9 Å². The molecule has 4 fully saturated rings. The molecule has 11 rings (SSSR count). The number of aromatic nitrogens is 4. The van der Waals surface area contributed by atoms with Crippen molar-refractivity contribution in [3.05, 3.63) is 113 Å². The number of benzene rings is 2. The number of furan rings is 1. The predicted molar refractivity (Wildman–Crippen MR) is 468 cm³/mol. The number of cyclic esters (lactones) is 1. The molecular formula is C93H135N11O20. The fourth-order valence-electron chi connectivity index (χ4n) is 17.7. The number of methoxy groups -OCH3 is 2. The number of hydrogen-bond acceptors (Lipinski definition) is 27. The maximum atomic E-state index is 14.5. The van der Waals surface area contributed by atoms with Crippen LogP contribution in [0, 0.1) is 23.7 Å². The molecule has 31 nitrogen and oxygen atoms in total. The Bertz CT molecular complexity index is 4380. The molecule has 0 spiro atoms. The average Bonchev–Trinajstić information content (AvgIpc) is 1.63. The number of amides is 3. The molecule has 682 valence electrons. The number of alkyl carbamates (subject to hydrolysis) is 1. The van der Waals surface area contributed by atoms with E-state index in [9.17, 15) is 39.0 Å². The summed E-state index contributed by atoms with van der Waals surface area (Å²) in [6.45, 7) is 22.6. The van der Waals surface area contributed by atoms with Crippen LogP contribution in [0.25, 0.3) is 33.3 Å². The van der Waals surface area contributed by atoms with Crippen molar-refractivity contribution >= 4 is 69.1 Å². The van der Waals surface area contributed by atoms with Gasteiger partial charge in [0, 0.05) is 115 Å². The van der Waals surface area contributed by atoms with E-state index >= 15 is 0 Å². The van der Waals surface area contributed by atoms with Crippen molar-refractivity contribution in [1.82, 2.24) is 44.7 Å². The second-order valence-electron chi connectivity index (χ2n) is 34.2. The number of nitrogens with two attached hydrogens (primary N) is 2. The van der Waals surface area contributed by atoms with Gasteiger partial charge in [-0.3, -0.25) is 29.0 Å². The van der Waals surface area contributed by atoms with Crippen molar-refractivity contribution in [2.45, 2.75) is 212 Å². The van der Waals surface area contributed by atoms with Crippen LogP contribution in [0.2, 0.25) is 0 Å². The third kappa shape index (κ3) is 28.5. The summed E-state index contributed by atoms with van der Waals surface area (Å²) in [6, 6.07) is 12.9. The molecule has 1 aliphatic carbocycles. The molecule has 5 aromatic rings. The monoisotopic (exact) mass is 1730 g/mol. The SMILES string of the molecule is CO[C@H]1C[C@@H]2CCC[C@@](O)(O2)C(=O)C(=O)N2CCCC[C@H]2C(=O)O[C@H](CCC2CCC(OC(=O)NCCOCCOCCN3CCN(CCOCCOCCOCCOCCC(=O)N4CCc5cc(Cn6nc(-c7ccc8oc(N)cc8c7)c7c(N)ncnc76)ccc5C4)CC3)CC2)CC[C@H](C)/C=C(\C)[C@@H](O)[C@@H](OC)C(=O)[C@H](C)C[C@H](C)/C=C/C=CC=C1C. The largest absolute Gasteiger partial charge is 0.461 e. The van der Waals surface area contributed by atoms with Gasteiger partial charge in [-0.05, 0) is 174 Å². The fourth-order valence-corrected chi connectivity index (χ4v) is 17.7. The number of Topliss-reactive ketones (excluding diaryl/α,β-unsaturated/α-hetero) is 2. The van der Waals surface area contributed by atoms with Crippen LogP contribution in [0.1, 0.15) is 160 Å². The van der Waals surface area contributed by atoms with Gasteiger partial charge in [-0.1, -0.05) is 75.4 Å². The number of ketones is 2. The predicted octanol–water partition coefficient (Wildman–Crippen LogP) is 10.1. The summed E-state index contributed by atoms with van der Waals surface area (Å²) in [5.41, 5.74) is 20.0. The molecule has 8 heterocycles. The van der Waals surface area contributed by atoms with Crippen molar-refractivity contribution < 1.29 is 95.5 Å². The summed E-state index contributed by atoms with van der Waals surface area (Å²) in [7, 11) is 3.03. The number of nitrogens with one attached hydrogen (secondary N) is 1. The second kappa shape index (κ2) is 49.1. The molecule has 3 amide bonds. The molecule has 2 aromatic carbocycles. The first-order valence-electron chi connectivity index (χ1n) is 45.0. The van der Waals surface area contributed by atoms with Crippen LogP contribution in [0.5, 0.6) is 0 Å². The Balaban J connectivity index is 0.500. The first-order chi connectivity index (χ1) is 60.0. The van der Waals surface area contributed by atoms with Gasteiger partial charge in [0.2, 0.25) is 11.7 Å². The molecule has 2 bridgehead atoms. The number of piperidine rings is 1. The topological polar surface area (TPSA) is 378 Å². The summed E-state index contributed by atoms with van der Waals surface area (Å²) in [4.78, 5) is 99.8. The van der Waals surface area contributed by atoms with E-state index in [-0.39, 0.29) is 48.5 Å². The van der Waals surface area contributed by atoms with Gasteiger partial charge < -0.3 is 93.3 Å². The number of hydrogen-bond donors (Lipinski definition) is 5. The summed E-state index contributed by atoms with van der Waals surface area (Å²) in [6.07, 6.45) is 18.2. The number of anilines is 2. The van der Waals surface area contributed by atoms with Crippen LogP contribution >= 0.6 is 0 Å². The highest BCUT2D eigenvalue weighted by atomic mass is 16.6. The van der Waals surface area contributed by atoms with E-state index in [2.05, 4.69) is 43.3 Å². The first-order valence-corrected chi connectivity index (χ1v) is 45.0. The molecule has 0 radical (unpaired) electrons. The molecule has 6 aliphatic rings. The molecule has 3 saturated heterocycles. The highest BCUT2D eigenvalue weighted by Gasteiger charge is 2.50. The van der Waals surface area contributed by atoms with Gasteiger partial charge in [0.1, 0.15) is 53.9 Å². The Kier molecular flexibility index (Phi) is 38.1. The lowest BCUT2D eigenvalue weighted by molar-refractivity contribution is -0.245. The number of nitrogen functional groups attached to an aromatic ring is 2. The van der Waals surface area contributed by atoms with Gasteiger partial charge in [-0.2, -0.15) is 5.10 Å². The molecule has 5 aliphatic heterocycles. The van der Waals surface area contributed by atoms with Crippen LogP contribution in [0.3, 0.4) is 0 Å².